The van der Waals surface area contributed by atoms with Crippen LogP contribution in [0.2, 0.25) is 0 Å². The highest BCUT2D eigenvalue weighted by atomic mass is 16.5. The summed E-state index contributed by atoms with van der Waals surface area (Å²) < 4.78 is 5.60. The molecule has 1 aliphatic rings. The van der Waals surface area contributed by atoms with E-state index in [0.29, 0.717) is 24.0 Å². The van der Waals surface area contributed by atoms with Gasteiger partial charge in [-0.3, -0.25) is 28.8 Å². The van der Waals surface area contributed by atoms with E-state index < -0.39 is 103 Å². The lowest BCUT2D eigenvalue weighted by Crippen LogP contribution is -2.60. The van der Waals surface area contributed by atoms with Gasteiger partial charge in [0.05, 0.1) is 19.4 Å². The van der Waals surface area contributed by atoms with Crippen LogP contribution in [-0.4, -0.2) is 112 Å². The molecule has 6 unspecified atom stereocenters. The summed E-state index contributed by atoms with van der Waals surface area (Å²) in [5, 5.41) is 44.5. The van der Waals surface area contributed by atoms with Gasteiger partial charge in [-0.05, 0) is 48.9 Å². The Bertz CT molecular complexity index is 1730. The van der Waals surface area contributed by atoms with Crippen molar-refractivity contribution >= 4 is 47.5 Å². The van der Waals surface area contributed by atoms with Crippen molar-refractivity contribution in [2.75, 3.05) is 13.2 Å². The third-order valence-corrected chi connectivity index (χ3v) is 9.17. The van der Waals surface area contributed by atoms with Crippen molar-refractivity contribution < 1.29 is 58.4 Å². The van der Waals surface area contributed by atoms with E-state index in [2.05, 4.69) is 31.9 Å². The number of nitrogens with two attached hydrogens (primary N) is 1. The Morgan fingerprint density at radius 1 is 0.724 bits per heavy atom. The molecule has 1 heterocycles. The maximum absolute atomic E-state index is 14.1. The predicted octanol–water partition coefficient (Wildman–Crippen LogP) is -0.587. The number of ether oxygens (including phenoxy) is 1. The van der Waals surface area contributed by atoms with Crippen molar-refractivity contribution in [3.05, 3.63) is 65.7 Å². The number of phenols is 1. The molecule has 58 heavy (non-hydrogen) atoms. The van der Waals surface area contributed by atoms with E-state index in [1.807, 2.05) is 6.92 Å². The molecule has 7 amide bonds. The number of carboxylic acid groups (broad SMARTS) is 1. The van der Waals surface area contributed by atoms with Gasteiger partial charge in [0.2, 0.25) is 29.5 Å². The standard InChI is InChI=1S/C39H53N7O12/c1-2-3-5-11-26-20-32(49)42-31(22-47)37(55)45-28(18-23-9-6-4-7-10-23)36(54)44-29(19-24-13-15-25(48)16-14-24)35(53)43-27(12-8-17-41-39(40)57)34(52)46-30(21-33(50)51)38(56)58-26/h4,6-7,9-10,13-16,26-31,47-48H,2-3,5,8,11-12,17-22H2,1H3,(H,42,49)(H,43,53)(H,44,54)(H,45,55)(H,46,52)(H,50,51)(H3,40,41,57). The number of hydrogen-bond acceptors (Lipinski definition) is 11. The summed E-state index contributed by atoms with van der Waals surface area (Å²) in [4.78, 5) is 106. The Hall–Kier alpha value is -6.24. The number of phenolic OH excluding ortho intramolecular Hbond substituents is 1. The molecule has 0 aromatic heterocycles. The molecule has 6 atom stereocenters. The fourth-order valence-electron chi connectivity index (χ4n) is 6.11. The Labute approximate surface area is 335 Å². The maximum atomic E-state index is 14.1. The van der Waals surface area contributed by atoms with Gasteiger partial charge in [-0.1, -0.05) is 62.2 Å². The summed E-state index contributed by atoms with van der Waals surface area (Å²) in [5.41, 5.74) is 6.25. The number of aromatic hydroxyl groups is 1. The molecule has 2 aromatic rings. The fraction of sp³-hybridized carbons (Fsp3) is 0.487. The summed E-state index contributed by atoms with van der Waals surface area (Å²) >= 11 is 0. The Kier molecular flexibility index (Phi) is 18.9. The van der Waals surface area contributed by atoms with E-state index in [0.717, 1.165) is 6.42 Å². The predicted molar refractivity (Wildman–Crippen MR) is 206 cm³/mol. The average Bonchev–Trinajstić information content (AvgIpc) is 3.17. The molecule has 2 aromatic carbocycles. The van der Waals surface area contributed by atoms with Gasteiger partial charge >= 0.3 is 18.0 Å². The lowest BCUT2D eigenvalue weighted by atomic mass is 10.0. The summed E-state index contributed by atoms with van der Waals surface area (Å²) in [6.07, 6.45) is -0.823. The number of unbranched alkanes of at least 4 members (excludes halogenated alkanes) is 2. The summed E-state index contributed by atoms with van der Waals surface area (Å²) in [6.45, 7) is 1.01. The largest absolute Gasteiger partial charge is 0.508 e. The molecule has 0 spiro atoms. The first kappa shape index (κ1) is 46.1. The van der Waals surface area contributed by atoms with Crippen molar-refractivity contribution in [3.63, 3.8) is 0 Å². The van der Waals surface area contributed by atoms with Crippen molar-refractivity contribution in [1.82, 2.24) is 31.9 Å². The van der Waals surface area contributed by atoms with E-state index >= 15 is 0 Å². The molecule has 3 rings (SSSR count). The molecule has 19 heteroatoms. The monoisotopic (exact) mass is 811 g/mol. The van der Waals surface area contributed by atoms with Crippen LogP contribution >= 0.6 is 0 Å². The molecule has 0 saturated carbocycles. The molecule has 0 bridgehead atoms. The van der Waals surface area contributed by atoms with E-state index in [1.54, 1.807) is 30.3 Å². The minimum absolute atomic E-state index is 0.0273. The van der Waals surface area contributed by atoms with E-state index in [-0.39, 0.29) is 44.4 Å². The zero-order valence-electron chi connectivity index (χ0n) is 32.2. The van der Waals surface area contributed by atoms with E-state index in [4.69, 9.17) is 10.5 Å². The zero-order valence-corrected chi connectivity index (χ0v) is 32.2. The molecule has 11 N–H and O–H groups in total. The first-order chi connectivity index (χ1) is 27.7. The molecule has 0 radical (unpaired) electrons. The molecule has 0 aliphatic carbocycles. The minimum Gasteiger partial charge on any atom is -0.508 e. The highest BCUT2D eigenvalue weighted by molar-refractivity contribution is 5.97. The number of amides is 7. The third-order valence-electron chi connectivity index (χ3n) is 9.17. The number of carboxylic acids is 1. The minimum atomic E-state index is -1.78. The van der Waals surface area contributed by atoms with Crippen LogP contribution in [0.25, 0.3) is 0 Å². The third kappa shape index (κ3) is 16.1. The van der Waals surface area contributed by atoms with Crippen LogP contribution in [-0.2, 0) is 51.1 Å². The Balaban J connectivity index is 2.11. The second-order valence-electron chi connectivity index (χ2n) is 13.9. The van der Waals surface area contributed by atoms with Crippen LogP contribution in [0.5, 0.6) is 5.75 Å². The van der Waals surface area contributed by atoms with Crippen LogP contribution in [0.15, 0.2) is 54.6 Å². The summed E-state index contributed by atoms with van der Waals surface area (Å²) in [7, 11) is 0. The van der Waals surface area contributed by atoms with Gasteiger partial charge in [-0.2, -0.15) is 0 Å². The van der Waals surface area contributed by atoms with Crippen molar-refractivity contribution in [1.29, 1.82) is 0 Å². The number of aliphatic carboxylic acids is 1. The average molecular weight is 812 g/mol. The van der Waals surface area contributed by atoms with Crippen LogP contribution in [0.4, 0.5) is 4.79 Å². The van der Waals surface area contributed by atoms with Gasteiger partial charge in [0.25, 0.3) is 0 Å². The Morgan fingerprint density at radius 2 is 1.28 bits per heavy atom. The number of aliphatic hydroxyl groups excluding tert-OH is 1. The van der Waals surface area contributed by atoms with Crippen LogP contribution in [0, 0.1) is 0 Å². The Morgan fingerprint density at radius 3 is 1.84 bits per heavy atom. The molecule has 1 saturated heterocycles. The maximum Gasteiger partial charge on any atom is 0.329 e. The summed E-state index contributed by atoms with van der Waals surface area (Å²) in [5.74, 6) is -7.23. The van der Waals surface area contributed by atoms with Crippen LogP contribution < -0.4 is 37.6 Å². The van der Waals surface area contributed by atoms with Gasteiger partial charge in [0.1, 0.15) is 42.1 Å². The number of hydrogen-bond donors (Lipinski definition) is 10. The van der Waals surface area contributed by atoms with Crippen molar-refractivity contribution in [3.8, 4) is 5.75 Å². The van der Waals surface area contributed by atoms with Gasteiger partial charge in [0, 0.05) is 19.4 Å². The van der Waals surface area contributed by atoms with E-state index in [1.165, 1.54) is 24.3 Å². The number of primary amides is 1. The normalized spacial score (nSPS) is 22.7. The number of carbonyl (C=O) groups is 8. The first-order valence-corrected chi connectivity index (χ1v) is 19.1. The van der Waals surface area contributed by atoms with Gasteiger partial charge in [-0.25, -0.2) is 9.59 Å². The number of esters is 1. The van der Waals surface area contributed by atoms with E-state index in [9.17, 15) is 53.7 Å². The molecular weight excluding hydrogens is 758 g/mol. The number of nitrogens with one attached hydrogen (secondary N) is 6. The topological polar surface area (TPSA) is 305 Å². The number of carbonyl (C=O) groups excluding carboxylic acids is 7. The highest BCUT2D eigenvalue weighted by Crippen LogP contribution is 2.15. The fourth-order valence-corrected chi connectivity index (χ4v) is 6.11. The lowest BCUT2D eigenvalue weighted by Gasteiger charge is -2.27. The number of rotatable bonds is 15. The number of cyclic esters (lactones) is 1. The van der Waals surface area contributed by atoms with Gasteiger partial charge in [-0.15, -0.1) is 0 Å². The smallest absolute Gasteiger partial charge is 0.329 e. The van der Waals surface area contributed by atoms with Gasteiger partial charge < -0.3 is 57.7 Å². The second-order valence-corrected chi connectivity index (χ2v) is 13.9. The molecule has 1 fully saturated rings. The number of benzene rings is 2. The highest BCUT2D eigenvalue weighted by Gasteiger charge is 2.35. The SMILES string of the molecule is CCCCCC1CC(=O)NC(CO)C(=O)NC(Cc2ccccc2)C(=O)NC(Cc2ccc(O)cc2)C(=O)NC(CCCNC(N)=O)C(=O)NC(CC(=O)O)C(=O)O1. The summed E-state index contributed by atoms with van der Waals surface area (Å²) in [6, 6.07) is 5.83. The first-order valence-electron chi connectivity index (χ1n) is 19.1. The number of aliphatic hydroxyl groups is 1. The zero-order chi connectivity index (χ0) is 42.6. The van der Waals surface area contributed by atoms with Crippen molar-refractivity contribution in [2.24, 2.45) is 5.73 Å². The van der Waals surface area contributed by atoms with Crippen molar-refractivity contribution in [2.45, 2.75) is 107 Å². The molecular formula is C39H53N7O12. The van der Waals surface area contributed by atoms with Gasteiger partial charge in [0.15, 0.2) is 0 Å². The second kappa shape index (κ2) is 23.7. The lowest BCUT2D eigenvalue weighted by molar-refractivity contribution is -0.157. The van der Waals surface area contributed by atoms with Crippen LogP contribution in [0.1, 0.15) is 69.4 Å². The van der Waals surface area contributed by atoms with Crippen LogP contribution in [0.3, 0.4) is 0 Å². The quantitative estimate of drug-likeness (QED) is 0.0798. The molecule has 19 nitrogen and oxygen atoms in total. The number of urea groups is 1. The molecule has 1 aliphatic heterocycles. The molecule has 316 valence electrons.